The highest BCUT2D eigenvalue weighted by Crippen LogP contribution is 2.16. The highest BCUT2D eigenvalue weighted by molar-refractivity contribution is 5.94. The molecule has 1 aromatic carbocycles. The molecule has 0 aliphatic carbocycles. The Morgan fingerprint density at radius 3 is 2.33 bits per heavy atom. The number of aliphatic hydroxyl groups is 1. The molecule has 100 valence electrons. The number of rotatable bonds is 3. The molecule has 0 saturated heterocycles. The van der Waals surface area contributed by atoms with E-state index in [1.54, 1.807) is 6.07 Å². The Kier molecular flexibility index (Phi) is 7.38. The van der Waals surface area contributed by atoms with Gasteiger partial charge in [0.1, 0.15) is 0 Å². The maximum atomic E-state index is 11.3. The Balaban J connectivity index is 0.00000137. The van der Waals surface area contributed by atoms with Crippen LogP contribution in [0.2, 0.25) is 0 Å². The summed E-state index contributed by atoms with van der Waals surface area (Å²) in [5, 5.41) is 11.6. The molecule has 0 atom stereocenters. The van der Waals surface area contributed by atoms with Crippen LogP contribution in [0.3, 0.4) is 0 Å². The highest BCUT2D eigenvalue weighted by Gasteiger charge is 2.09. The average molecular weight is 253 g/mol. The summed E-state index contributed by atoms with van der Waals surface area (Å²) in [6.45, 7) is 5.15. The van der Waals surface area contributed by atoms with Crippen LogP contribution in [0, 0.1) is 0 Å². The number of amides is 1. The first-order valence-electron chi connectivity index (χ1n) is 5.67. The van der Waals surface area contributed by atoms with Gasteiger partial charge < -0.3 is 15.2 Å². The number of hydrogen-bond acceptors (Lipinski definition) is 4. The van der Waals surface area contributed by atoms with Crippen LogP contribution in [-0.4, -0.2) is 24.1 Å². The van der Waals surface area contributed by atoms with E-state index in [0.717, 1.165) is 0 Å². The predicted octanol–water partition coefficient (Wildman–Crippen LogP) is 1.95. The van der Waals surface area contributed by atoms with Crippen molar-refractivity contribution < 1.29 is 19.4 Å². The summed E-state index contributed by atoms with van der Waals surface area (Å²) >= 11 is 0. The summed E-state index contributed by atoms with van der Waals surface area (Å²) in [5.41, 5.74) is 1.28. The van der Waals surface area contributed by atoms with E-state index in [4.69, 9.17) is 5.11 Å². The maximum Gasteiger partial charge on any atom is 0.337 e. The van der Waals surface area contributed by atoms with Gasteiger partial charge in [-0.2, -0.15) is 0 Å². The maximum absolute atomic E-state index is 11.3. The number of methoxy groups -OCH3 is 1. The van der Waals surface area contributed by atoms with Crippen molar-refractivity contribution in [1.29, 1.82) is 0 Å². The number of anilines is 1. The van der Waals surface area contributed by atoms with E-state index in [1.165, 1.54) is 26.2 Å². The number of carbonyl (C=O) groups is 2. The molecule has 0 aliphatic heterocycles. The largest absolute Gasteiger partial charge is 0.465 e. The Morgan fingerprint density at radius 1 is 1.28 bits per heavy atom. The molecule has 1 rings (SSSR count). The summed E-state index contributed by atoms with van der Waals surface area (Å²) in [7, 11) is 1.27. The number of aliphatic hydroxyl groups excluding tert-OH is 1. The molecule has 5 nitrogen and oxygen atoms in total. The molecule has 0 heterocycles. The second-order valence-corrected chi connectivity index (χ2v) is 3.25. The molecule has 0 aliphatic rings. The molecule has 0 saturated carbocycles. The normalized spacial score (nSPS) is 8.94. The second-order valence-electron chi connectivity index (χ2n) is 3.25. The fraction of sp³-hybridized carbons (Fsp3) is 0.385. The molecular weight excluding hydrogens is 234 g/mol. The van der Waals surface area contributed by atoms with E-state index < -0.39 is 5.97 Å². The lowest BCUT2D eigenvalue weighted by atomic mass is 10.1. The zero-order valence-electron chi connectivity index (χ0n) is 11.1. The van der Waals surface area contributed by atoms with E-state index in [2.05, 4.69) is 10.1 Å². The fourth-order valence-corrected chi connectivity index (χ4v) is 1.29. The Morgan fingerprint density at radius 2 is 1.89 bits per heavy atom. The van der Waals surface area contributed by atoms with Crippen LogP contribution in [-0.2, 0) is 16.1 Å². The van der Waals surface area contributed by atoms with Crippen LogP contribution in [0.5, 0.6) is 0 Å². The third kappa shape index (κ3) is 4.97. The Hall–Kier alpha value is -1.88. The molecule has 1 aromatic rings. The van der Waals surface area contributed by atoms with Crippen LogP contribution in [0.4, 0.5) is 5.69 Å². The topological polar surface area (TPSA) is 75.6 Å². The van der Waals surface area contributed by atoms with Crippen LogP contribution in [0.1, 0.15) is 36.7 Å². The SMILES string of the molecule is CC.COC(=O)c1cc(CO)cc(NC(C)=O)c1. The number of esters is 1. The molecule has 1 amide bonds. The van der Waals surface area contributed by atoms with Crippen LogP contribution in [0.25, 0.3) is 0 Å². The van der Waals surface area contributed by atoms with Gasteiger partial charge in [0.2, 0.25) is 5.91 Å². The zero-order chi connectivity index (χ0) is 14.1. The minimum atomic E-state index is -0.512. The quantitative estimate of drug-likeness (QED) is 0.807. The number of nitrogens with one attached hydrogen (secondary N) is 1. The number of carbonyl (C=O) groups excluding carboxylic acids is 2. The van der Waals surface area contributed by atoms with Crippen molar-refractivity contribution >= 4 is 17.6 Å². The van der Waals surface area contributed by atoms with Crippen molar-refractivity contribution in [3.8, 4) is 0 Å². The first-order valence-corrected chi connectivity index (χ1v) is 5.67. The lowest BCUT2D eigenvalue weighted by Gasteiger charge is -2.07. The van der Waals surface area contributed by atoms with Gasteiger partial charge >= 0.3 is 5.97 Å². The van der Waals surface area contributed by atoms with E-state index in [9.17, 15) is 9.59 Å². The Labute approximate surface area is 107 Å². The van der Waals surface area contributed by atoms with E-state index >= 15 is 0 Å². The molecule has 0 radical (unpaired) electrons. The summed E-state index contributed by atoms with van der Waals surface area (Å²) in [6.07, 6.45) is 0. The molecule has 18 heavy (non-hydrogen) atoms. The van der Waals surface area contributed by atoms with Gasteiger partial charge in [-0.15, -0.1) is 0 Å². The lowest BCUT2D eigenvalue weighted by Crippen LogP contribution is -2.09. The minimum Gasteiger partial charge on any atom is -0.465 e. The zero-order valence-corrected chi connectivity index (χ0v) is 11.1. The molecule has 0 unspecified atom stereocenters. The lowest BCUT2D eigenvalue weighted by molar-refractivity contribution is -0.114. The van der Waals surface area contributed by atoms with Gasteiger partial charge in [-0.25, -0.2) is 4.79 Å². The van der Waals surface area contributed by atoms with Crippen molar-refractivity contribution in [3.63, 3.8) is 0 Å². The van der Waals surface area contributed by atoms with Crippen LogP contribution < -0.4 is 5.32 Å². The minimum absolute atomic E-state index is 0.211. The van der Waals surface area contributed by atoms with Crippen molar-refractivity contribution in [1.82, 2.24) is 0 Å². The van der Waals surface area contributed by atoms with Gasteiger partial charge in [-0.3, -0.25) is 4.79 Å². The van der Waals surface area contributed by atoms with Crippen molar-refractivity contribution in [2.75, 3.05) is 12.4 Å². The molecule has 2 N–H and O–H groups in total. The third-order valence-corrected chi connectivity index (χ3v) is 1.92. The van der Waals surface area contributed by atoms with Crippen LogP contribution >= 0.6 is 0 Å². The summed E-state index contributed by atoms with van der Waals surface area (Å²) < 4.78 is 4.56. The summed E-state index contributed by atoms with van der Waals surface area (Å²) in [5.74, 6) is -0.757. The van der Waals surface area contributed by atoms with E-state index in [0.29, 0.717) is 11.3 Å². The van der Waals surface area contributed by atoms with E-state index in [1.807, 2.05) is 13.8 Å². The first kappa shape index (κ1) is 16.1. The molecular formula is C13H19NO4. The summed E-state index contributed by atoms with van der Waals surface area (Å²) in [6, 6.07) is 4.59. The molecule has 0 aromatic heterocycles. The number of hydrogen-bond donors (Lipinski definition) is 2. The van der Waals surface area contributed by atoms with Gasteiger partial charge in [0.05, 0.1) is 19.3 Å². The number of benzene rings is 1. The Bertz CT molecular complexity index is 415. The van der Waals surface area contributed by atoms with Gasteiger partial charge in [-0.05, 0) is 23.8 Å². The summed E-state index contributed by atoms with van der Waals surface area (Å²) in [4.78, 5) is 22.2. The number of ether oxygens (including phenoxy) is 1. The van der Waals surface area contributed by atoms with E-state index in [-0.39, 0.29) is 18.1 Å². The molecule has 5 heteroatoms. The molecule has 0 spiro atoms. The monoisotopic (exact) mass is 253 g/mol. The van der Waals surface area contributed by atoms with Gasteiger partial charge in [0.15, 0.2) is 0 Å². The van der Waals surface area contributed by atoms with Crippen LogP contribution in [0.15, 0.2) is 18.2 Å². The fourth-order valence-electron chi connectivity index (χ4n) is 1.29. The average Bonchev–Trinajstić information content (AvgIpc) is 2.38. The van der Waals surface area contributed by atoms with Crippen molar-refractivity contribution in [2.45, 2.75) is 27.4 Å². The first-order chi connectivity index (χ1) is 8.56. The molecule has 0 fully saturated rings. The predicted molar refractivity (Wildman–Crippen MR) is 69.4 cm³/mol. The standard InChI is InChI=1S/C11H13NO4.C2H6/c1-7(14)12-10-4-8(6-13)3-9(5-10)11(15)16-2;1-2/h3-5,13H,6H2,1-2H3,(H,12,14);1-2H3. The van der Waals surface area contributed by atoms with Gasteiger partial charge in [0.25, 0.3) is 0 Å². The van der Waals surface area contributed by atoms with Gasteiger partial charge in [-0.1, -0.05) is 13.8 Å². The van der Waals surface area contributed by atoms with Gasteiger partial charge in [0, 0.05) is 12.6 Å². The molecule has 0 bridgehead atoms. The van der Waals surface area contributed by atoms with Crippen molar-refractivity contribution in [2.24, 2.45) is 0 Å². The smallest absolute Gasteiger partial charge is 0.337 e. The van der Waals surface area contributed by atoms with Crippen molar-refractivity contribution in [3.05, 3.63) is 29.3 Å². The third-order valence-electron chi connectivity index (χ3n) is 1.92. The second kappa shape index (κ2) is 8.25. The highest BCUT2D eigenvalue weighted by atomic mass is 16.5.